The standard InChI is InChI=1S/C31H33N5O3S.C24H27N5O/c1-20(2)23-9-11-24(12-10-23)30-33-28(25-6-5-16-34(18-25)22(4)37)29-27-15-17-36(31(27)32-19-35(29)30)40(38,39)26-13-7-21(3)8-14-26;1-15(2)17-6-8-18(9-7-17)24-27-21(19-5-4-12-28(13-19)16(3)30)22-20-10-11-25-23(20)26-14-29(22)24/h7-15,17,19-20,25H,5-6,16,18H2,1-4H3;6-11,14-15,19,25H,4-5,12-13H2,1-3H3. The van der Waals surface area contributed by atoms with Crippen LogP contribution in [0.3, 0.4) is 0 Å². The molecule has 9 aromatic rings. The highest BCUT2D eigenvalue weighted by Crippen LogP contribution is 2.38. The largest absolute Gasteiger partial charge is 0.346 e. The Kier molecular flexibility index (Phi) is 12.4. The van der Waals surface area contributed by atoms with Crippen molar-refractivity contribution in [1.29, 1.82) is 0 Å². The number of aromatic nitrogens is 8. The molecule has 0 spiro atoms. The van der Waals surface area contributed by atoms with E-state index in [1.807, 2.05) is 39.7 Å². The fourth-order valence-electron chi connectivity index (χ4n) is 10.3. The van der Waals surface area contributed by atoms with Crippen LogP contribution < -0.4 is 0 Å². The first-order valence-electron chi connectivity index (χ1n) is 24.4. The lowest BCUT2D eigenvalue weighted by Gasteiger charge is -2.31. The van der Waals surface area contributed by atoms with Crippen LogP contribution in [0, 0.1) is 6.92 Å². The molecule has 0 radical (unpaired) electrons. The lowest BCUT2D eigenvalue weighted by atomic mass is 9.93. The summed E-state index contributed by atoms with van der Waals surface area (Å²) < 4.78 is 32.6. The molecule has 2 saturated heterocycles. The van der Waals surface area contributed by atoms with E-state index in [9.17, 15) is 18.0 Å². The van der Waals surface area contributed by atoms with Crippen LogP contribution in [-0.2, 0) is 19.6 Å². The number of hydrogen-bond donors (Lipinski definition) is 1. The zero-order valence-corrected chi connectivity index (χ0v) is 41.7. The fraction of sp³-hybridized carbons (Fsp3) is 0.345. The lowest BCUT2D eigenvalue weighted by Crippen LogP contribution is -2.37. The van der Waals surface area contributed by atoms with E-state index in [0.717, 1.165) is 107 Å². The molecule has 11 rings (SSSR count). The molecule has 2 fully saturated rings. The van der Waals surface area contributed by atoms with Gasteiger partial charge in [0.1, 0.15) is 30.0 Å². The first-order valence-corrected chi connectivity index (χ1v) is 25.9. The minimum Gasteiger partial charge on any atom is -0.346 e. The minimum absolute atomic E-state index is 0.0268. The summed E-state index contributed by atoms with van der Waals surface area (Å²) in [6.45, 7) is 16.8. The first kappa shape index (κ1) is 46.6. The third-order valence-electron chi connectivity index (χ3n) is 14.3. The summed E-state index contributed by atoms with van der Waals surface area (Å²) in [5, 5.41) is 1.79. The Balaban J connectivity index is 0.000000169. The van der Waals surface area contributed by atoms with Crippen LogP contribution in [0.25, 0.3) is 55.9 Å². The zero-order chi connectivity index (χ0) is 49.0. The average molecular weight is 957 g/mol. The number of aryl methyl sites for hydroxylation is 1. The topological polar surface area (TPSA) is 156 Å². The van der Waals surface area contributed by atoms with Crippen molar-refractivity contribution in [1.82, 2.24) is 47.5 Å². The van der Waals surface area contributed by atoms with E-state index in [4.69, 9.17) is 9.97 Å². The molecule has 70 heavy (non-hydrogen) atoms. The van der Waals surface area contributed by atoms with Gasteiger partial charge >= 0.3 is 0 Å². The van der Waals surface area contributed by atoms with Crippen LogP contribution in [0.1, 0.15) is 119 Å². The third kappa shape index (κ3) is 8.54. The average Bonchev–Trinajstić information content (AvgIpc) is 4.19. The first-order chi connectivity index (χ1) is 33.7. The number of nitrogens with one attached hydrogen (secondary N) is 1. The molecule has 0 bridgehead atoms. The quantitative estimate of drug-likeness (QED) is 0.158. The van der Waals surface area contributed by atoms with Crippen molar-refractivity contribution in [3.63, 3.8) is 0 Å². The number of hydrogen-bond acceptors (Lipinski definition) is 8. The Labute approximate surface area is 408 Å². The van der Waals surface area contributed by atoms with Crippen molar-refractivity contribution >= 4 is 54.9 Å². The Hall–Kier alpha value is -7.13. The van der Waals surface area contributed by atoms with Crippen LogP contribution in [0.15, 0.2) is 115 Å². The van der Waals surface area contributed by atoms with Crippen molar-refractivity contribution in [2.75, 3.05) is 26.2 Å². The van der Waals surface area contributed by atoms with Gasteiger partial charge < -0.3 is 14.8 Å². The summed E-state index contributed by atoms with van der Waals surface area (Å²) in [6.07, 6.45) is 10.9. The normalized spacial score (nSPS) is 16.8. The molecule has 1 N–H and O–H groups in total. The summed E-state index contributed by atoms with van der Waals surface area (Å²) in [5.41, 5.74) is 10.7. The molecule has 2 amide bonds. The van der Waals surface area contributed by atoms with E-state index in [1.54, 1.807) is 50.6 Å². The maximum atomic E-state index is 13.6. The van der Waals surface area contributed by atoms with Crippen LogP contribution in [-0.4, -0.2) is 93.9 Å². The number of amides is 2. The molecule has 3 aromatic carbocycles. The second-order valence-corrected chi connectivity index (χ2v) is 21.5. The SMILES string of the molecule is CC(=O)N1CCCC(c2nc(-c3ccc(C(C)C)cc3)n3cnc4[nH]ccc4c23)C1.CC(=O)N1CCCC(c2nc(-c3ccc(C(C)C)cc3)n3cnc4c(ccn4S(=O)(=O)c4ccc(C)cc4)c23)C1. The number of carbonyl (C=O) groups is 2. The summed E-state index contributed by atoms with van der Waals surface area (Å²) in [5.74, 6) is 3.02. The summed E-state index contributed by atoms with van der Waals surface area (Å²) in [4.78, 5) is 51.1. The maximum Gasteiger partial charge on any atom is 0.269 e. The molecule has 14 nitrogen and oxygen atoms in total. The van der Waals surface area contributed by atoms with Gasteiger partial charge in [-0.15, -0.1) is 0 Å². The van der Waals surface area contributed by atoms with Gasteiger partial charge in [-0.3, -0.25) is 18.4 Å². The second kappa shape index (κ2) is 18.6. The summed E-state index contributed by atoms with van der Waals surface area (Å²) >= 11 is 0. The smallest absolute Gasteiger partial charge is 0.269 e. The molecule has 360 valence electrons. The minimum atomic E-state index is -3.85. The van der Waals surface area contributed by atoms with E-state index in [2.05, 4.69) is 102 Å². The number of aromatic amines is 1. The van der Waals surface area contributed by atoms with Gasteiger partial charge in [-0.05, 0) is 79.8 Å². The third-order valence-corrected chi connectivity index (χ3v) is 16.0. The molecule has 6 aromatic heterocycles. The van der Waals surface area contributed by atoms with Crippen molar-refractivity contribution in [3.8, 4) is 22.8 Å². The van der Waals surface area contributed by atoms with Crippen molar-refractivity contribution in [2.45, 2.75) is 103 Å². The number of H-pyrrole nitrogens is 1. The Morgan fingerprint density at radius 3 is 1.64 bits per heavy atom. The van der Waals surface area contributed by atoms with Crippen LogP contribution in [0.2, 0.25) is 0 Å². The molecule has 8 heterocycles. The van der Waals surface area contributed by atoms with E-state index >= 15 is 0 Å². The Morgan fingerprint density at radius 2 is 1.14 bits per heavy atom. The molecule has 15 heteroatoms. The van der Waals surface area contributed by atoms with E-state index in [0.29, 0.717) is 29.4 Å². The number of carbonyl (C=O) groups excluding carboxylic acids is 2. The number of likely N-dealkylation sites (tertiary alicyclic amines) is 2. The van der Waals surface area contributed by atoms with Gasteiger partial charge in [0.2, 0.25) is 11.8 Å². The molecule has 2 atom stereocenters. The van der Waals surface area contributed by atoms with Crippen molar-refractivity contribution in [3.05, 3.63) is 138 Å². The molecule has 2 unspecified atom stereocenters. The van der Waals surface area contributed by atoms with Gasteiger partial charge in [0.25, 0.3) is 10.0 Å². The molecule has 2 aliphatic rings. The number of piperidine rings is 2. The van der Waals surface area contributed by atoms with Gasteiger partial charge in [-0.25, -0.2) is 32.3 Å². The predicted molar refractivity (Wildman–Crippen MR) is 275 cm³/mol. The lowest BCUT2D eigenvalue weighted by molar-refractivity contribution is -0.130. The highest BCUT2D eigenvalue weighted by atomic mass is 32.2. The van der Waals surface area contributed by atoms with E-state index in [-0.39, 0.29) is 28.5 Å². The van der Waals surface area contributed by atoms with Gasteiger partial charge in [-0.1, -0.05) is 93.9 Å². The Morgan fingerprint density at radius 1 is 0.643 bits per heavy atom. The van der Waals surface area contributed by atoms with Crippen LogP contribution >= 0.6 is 0 Å². The van der Waals surface area contributed by atoms with Gasteiger partial charge in [0.05, 0.1) is 27.3 Å². The summed E-state index contributed by atoms with van der Waals surface area (Å²) in [7, 11) is -3.85. The Bertz CT molecular complexity index is 3510. The predicted octanol–water partition coefficient (Wildman–Crippen LogP) is 10.5. The monoisotopic (exact) mass is 956 g/mol. The molecular formula is C55H60N10O4S. The number of fused-ring (bicyclic) bond motifs is 6. The van der Waals surface area contributed by atoms with Crippen molar-refractivity contribution < 1.29 is 18.0 Å². The van der Waals surface area contributed by atoms with Crippen LogP contribution in [0.5, 0.6) is 0 Å². The van der Waals surface area contributed by atoms with Crippen LogP contribution in [0.4, 0.5) is 0 Å². The van der Waals surface area contributed by atoms with E-state index in [1.165, 1.54) is 15.1 Å². The highest BCUT2D eigenvalue weighted by Gasteiger charge is 2.31. The number of imidazole rings is 2. The number of nitrogens with zero attached hydrogens (tertiary/aromatic N) is 9. The maximum absolute atomic E-state index is 13.6. The van der Waals surface area contributed by atoms with Gasteiger partial charge in [0, 0.05) is 86.2 Å². The fourth-order valence-corrected chi connectivity index (χ4v) is 11.6. The van der Waals surface area contributed by atoms with Gasteiger partial charge in [-0.2, -0.15) is 0 Å². The van der Waals surface area contributed by atoms with Crippen molar-refractivity contribution in [2.24, 2.45) is 0 Å². The van der Waals surface area contributed by atoms with Gasteiger partial charge in [0.15, 0.2) is 5.65 Å². The zero-order valence-electron chi connectivity index (χ0n) is 40.9. The summed E-state index contributed by atoms with van der Waals surface area (Å²) in [6, 6.07) is 27.8. The van der Waals surface area contributed by atoms with E-state index < -0.39 is 10.0 Å². The number of rotatable bonds is 8. The molecule has 0 aliphatic carbocycles. The highest BCUT2D eigenvalue weighted by molar-refractivity contribution is 7.90. The molecule has 2 aliphatic heterocycles. The molecular weight excluding hydrogens is 897 g/mol. The molecule has 0 saturated carbocycles. The number of benzene rings is 3. The second-order valence-electron chi connectivity index (χ2n) is 19.6.